The number of rotatable bonds is 2. The Labute approximate surface area is 156 Å². The number of nitrogens with zero attached hydrogens (tertiary/aromatic N) is 4. The molecule has 3 heterocycles. The number of hydrogen-bond donors (Lipinski definition) is 0. The molecule has 4 rings (SSSR count). The number of thiazole rings is 1. The van der Waals surface area contributed by atoms with Crippen LogP contribution in [0.25, 0.3) is 26.5 Å². The summed E-state index contributed by atoms with van der Waals surface area (Å²) in [6.07, 6.45) is -3.17. The van der Waals surface area contributed by atoms with Crippen LogP contribution in [0.15, 0.2) is 45.4 Å². The van der Waals surface area contributed by atoms with Gasteiger partial charge in [-0.2, -0.15) is 17.5 Å². The van der Waals surface area contributed by atoms with Crippen LogP contribution < -0.4 is 11.2 Å². The zero-order chi connectivity index (χ0) is 19.3. The van der Waals surface area contributed by atoms with E-state index in [2.05, 4.69) is 9.36 Å². The van der Waals surface area contributed by atoms with E-state index >= 15 is 0 Å². The summed E-state index contributed by atoms with van der Waals surface area (Å²) in [7, 11) is 0.979. The van der Waals surface area contributed by atoms with Gasteiger partial charge in [0.15, 0.2) is 0 Å². The maximum absolute atomic E-state index is 13.0. The Hall–Kier alpha value is -2.79. The van der Waals surface area contributed by atoms with Crippen molar-refractivity contribution in [2.45, 2.75) is 6.18 Å². The van der Waals surface area contributed by atoms with E-state index < -0.39 is 23.1 Å². The van der Waals surface area contributed by atoms with Gasteiger partial charge in [0.1, 0.15) is 16.4 Å². The minimum absolute atomic E-state index is 0.167. The number of alkyl halides is 3. The lowest BCUT2D eigenvalue weighted by Gasteiger charge is -2.14. The monoisotopic (exact) mass is 410 g/mol. The Bertz CT molecular complexity index is 1270. The third kappa shape index (κ3) is 2.88. The number of fused-ring (bicyclic) bond motifs is 1. The minimum Gasteiger partial charge on any atom is -0.292 e. The number of halogens is 3. The summed E-state index contributed by atoms with van der Waals surface area (Å²) in [5, 5.41) is 3.13. The van der Waals surface area contributed by atoms with Gasteiger partial charge in [0, 0.05) is 30.1 Å². The van der Waals surface area contributed by atoms with Crippen LogP contribution in [-0.4, -0.2) is 18.5 Å². The number of hydrogen-bond acceptors (Lipinski definition) is 6. The summed E-state index contributed by atoms with van der Waals surface area (Å²) in [6, 6.07) is 5.15. The van der Waals surface area contributed by atoms with Gasteiger partial charge in [-0.1, -0.05) is 0 Å². The molecule has 0 unspecified atom stereocenters. The molecular weight excluding hydrogens is 401 g/mol. The topological polar surface area (TPSA) is 69.8 Å². The summed E-state index contributed by atoms with van der Waals surface area (Å²) in [5.41, 5.74) is -2.66. The second kappa shape index (κ2) is 6.13. The van der Waals surface area contributed by atoms with Gasteiger partial charge in [0.05, 0.1) is 10.4 Å². The highest BCUT2D eigenvalue weighted by atomic mass is 32.1. The molecule has 0 aliphatic heterocycles. The summed E-state index contributed by atoms with van der Waals surface area (Å²) in [5.74, 6) is 0. The molecule has 0 aliphatic rings. The van der Waals surface area contributed by atoms with Crippen LogP contribution in [0, 0.1) is 0 Å². The Morgan fingerprint density at radius 1 is 1.15 bits per heavy atom. The van der Waals surface area contributed by atoms with Crippen LogP contribution in [-0.2, 0) is 13.2 Å². The van der Waals surface area contributed by atoms with Crippen LogP contribution in [0.1, 0.15) is 5.69 Å². The van der Waals surface area contributed by atoms with Gasteiger partial charge in [-0.15, -0.1) is 11.3 Å². The van der Waals surface area contributed by atoms with Gasteiger partial charge in [-0.3, -0.25) is 9.36 Å². The molecular formula is C16H9F3N4O2S2. The third-order valence-electron chi connectivity index (χ3n) is 3.96. The third-order valence-corrected chi connectivity index (χ3v) is 5.56. The Morgan fingerprint density at radius 2 is 1.93 bits per heavy atom. The molecule has 0 saturated carbocycles. The van der Waals surface area contributed by atoms with Gasteiger partial charge < -0.3 is 0 Å². The maximum atomic E-state index is 13.0. The van der Waals surface area contributed by atoms with Gasteiger partial charge in [-0.25, -0.2) is 14.3 Å². The van der Waals surface area contributed by atoms with Gasteiger partial charge in [-0.05, 0) is 29.7 Å². The van der Waals surface area contributed by atoms with Crippen molar-refractivity contribution >= 4 is 33.0 Å². The van der Waals surface area contributed by atoms with Crippen molar-refractivity contribution in [3.05, 3.63) is 62.4 Å². The van der Waals surface area contributed by atoms with Crippen LogP contribution in [0.5, 0.6) is 0 Å². The molecule has 0 radical (unpaired) electrons. The first-order valence-electron chi connectivity index (χ1n) is 7.47. The lowest BCUT2D eigenvalue weighted by atomic mass is 10.2. The molecule has 0 N–H and O–H groups in total. The van der Waals surface area contributed by atoms with Crippen LogP contribution in [0.4, 0.5) is 13.2 Å². The first-order chi connectivity index (χ1) is 12.8. The van der Waals surface area contributed by atoms with E-state index in [0.29, 0.717) is 31.3 Å². The fourth-order valence-electron chi connectivity index (χ4n) is 2.70. The van der Waals surface area contributed by atoms with Crippen molar-refractivity contribution in [1.82, 2.24) is 18.5 Å². The predicted octanol–water partition coefficient (Wildman–Crippen LogP) is 3.29. The van der Waals surface area contributed by atoms with Crippen molar-refractivity contribution in [3.63, 3.8) is 0 Å². The van der Waals surface area contributed by atoms with E-state index in [1.807, 2.05) is 0 Å². The number of benzene rings is 1. The molecule has 1 aromatic carbocycles. The van der Waals surface area contributed by atoms with E-state index in [-0.39, 0.29) is 5.69 Å². The first-order valence-corrected chi connectivity index (χ1v) is 9.12. The lowest BCUT2D eigenvalue weighted by molar-refractivity contribution is -0.144. The van der Waals surface area contributed by atoms with Crippen molar-refractivity contribution in [3.8, 4) is 16.4 Å². The van der Waals surface area contributed by atoms with Gasteiger partial charge >= 0.3 is 11.9 Å². The summed E-state index contributed by atoms with van der Waals surface area (Å²) >= 11 is 2.61. The van der Waals surface area contributed by atoms with Crippen LogP contribution in [0.2, 0.25) is 0 Å². The predicted molar refractivity (Wildman–Crippen MR) is 96.6 cm³/mol. The second-order valence-electron chi connectivity index (χ2n) is 5.59. The Morgan fingerprint density at radius 3 is 2.59 bits per heavy atom. The SMILES string of the molecule is Cn1c(C(F)(F)F)cc(=O)n(-c2ccc3snc(-c4nccs4)c3c2)c1=O. The zero-order valence-electron chi connectivity index (χ0n) is 13.5. The largest absolute Gasteiger partial charge is 0.431 e. The highest BCUT2D eigenvalue weighted by Gasteiger charge is 2.35. The molecule has 138 valence electrons. The molecule has 6 nitrogen and oxygen atoms in total. The molecule has 27 heavy (non-hydrogen) atoms. The van der Waals surface area contributed by atoms with Gasteiger partial charge in [0.2, 0.25) is 0 Å². The fraction of sp³-hybridized carbons (Fsp3) is 0.125. The fourth-order valence-corrected chi connectivity index (χ4v) is 4.15. The van der Waals surface area contributed by atoms with Crippen molar-refractivity contribution < 1.29 is 13.2 Å². The van der Waals surface area contributed by atoms with Gasteiger partial charge in [0.25, 0.3) is 5.56 Å². The molecule has 3 aromatic heterocycles. The average Bonchev–Trinajstić information content (AvgIpc) is 3.26. The summed E-state index contributed by atoms with van der Waals surface area (Å²) in [6.45, 7) is 0. The molecule has 0 amide bonds. The van der Waals surface area contributed by atoms with Crippen molar-refractivity contribution in [2.24, 2.45) is 7.05 Å². The minimum atomic E-state index is -4.80. The molecule has 0 fully saturated rings. The Balaban J connectivity index is 1.96. The molecule has 0 bridgehead atoms. The summed E-state index contributed by atoms with van der Waals surface area (Å²) < 4.78 is 45.3. The molecule has 0 atom stereocenters. The highest BCUT2D eigenvalue weighted by molar-refractivity contribution is 7.15. The molecule has 0 saturated heterocycles. The zero-order valence-corrected chi connectivity index (χ0v) is 15.2. The van der Waals surface area contributed by atoms with E-state index in [9.17, 15) is 22.8 Å². The standard InChI is InChI=1S/C16H9F3N4O2S2/c1-22-11(16(17,18)19)7-12(24)23(15(22)25)8-2-3-10-9(6-8)13(21-27-10)14-20-4-5-26-14/h2-7H,1H3. The van der Waals surface area contributed by atoms with Crippen molar-refractivity contribution in [2.75, 3.05) is 0 Å². The smallest absolute Gasteiger partial charge is 0.292 e. The summed E-state index contributed by atoms with van der Waals surface area (Å²) in [4.78, 5) is 28.9. The van der Waals surface area contributed by atoms with Crippen LogP contribution >= 0.6 is 22.9 Å². The maximum Gasteiger partial charge on any atom is 0.431 e. The average molecular weight is 410 g/mol. The molecule has 0 aliphatic carbocycles. The van der Waals surface area contributed by atoms with E-state index in [1.165, 1.54) is 28.9 Å². The van der Waals surface area contributed by atoms with E-state index in [0.717, 1.165) is 11.7 Å². The van der Waals surface area contributed by atoms with E-state index in [4.69, 9.17) is 0 Å². The molecule has 4 aromatic rings. The highest BCUT2D eigenvalue weighted by Crippen LogP contribution is 2.33. The molecule has 11 heteroatoms. The number of aromatic nitrogens is 4. The second-order valence-corrected chi connectivity index (χ2v) is 7.29. The molecule has 0 spiro atoms. The first kappa shape index (κ1) is 17.6. The normalized spacial score (nSPS) is 12.0. The van der Waals surface area contributed by atoms with Crippen molar-refractivity contribution in [1.29, 1.82) is 0 Å². The van der Waals surface area contributed by atoms with Crippen LogP contribution in [0.3, 0.4) is 0 Å². The lowest BCUT2D eigenvalue weighted by Crippen LogP contribution is -2.40. The van der Waals surface area contributed by atoms with E-state index in [1.54, 1.807) is 23.7 Å². The quantitative estimate of drug-likeness (QED) is 0.509. The Kier molecular flexibility index (Phi) is 4.00.